The first-order chi connectivity index (χ1) is 16.0. The first-order valence-corrected chi connectivity index (χ1v) is 12.6. The Balaban J connectivity index is 1.49. The van der Waals surface area contributed by atoms with Gasteiger partial charge in [-0.1, -0.05) is 43.2 Å². The van der Waals surface area contributed by atoms with E-state index in [1.807, 2.05) is 12.1 Å². The van der Waals surface area contributed by atoms with E-state index in [0.29, 0.717) is 24.0 Å². The van der Waals surface area contributed by atoms with Crippen LogP contribution in [0.15, 0.2) is 48.6 Å². The first kappa shape index (κ1) is 22.3. The number of hydrogen-bond donors (Lipinski definition) is 1. The number of aryl methyl sites for hydroxylation is 1. The van der Waals surface area contributed by atoms with Gasteiger partial charge in [-0.25, -0.2) is 4.79 Å². The number of carboxylic acids is 1. The molecule has 1 fully saturated rings. The molecule has 5 rings (SSSR count). The monoisotopic (exact) mass is 465 g/mol. The van der Waals surface area contributed by atoms with Gasteiger partial charge in [0.1, 0.15) is 5.75 Å². The average Bonchev–Trinajstić information content (AvgIpc) is 3.05. The lowest BCUT2D eigenvalue weighted by Gasteiger charge is -2.41. The van der Waals surface area contributed by atoms with Crippen molar-refractivity contribution in [3.8, 4) is 5.75 Å². The molecule has 1 heterocycles. The fourth-order valence-electron chi connectivity index (χ4n) is 5.80. The van der Waals surface area contributed by atoms with Crippen LogP contribution < -0.4 is 9.64 Å². The Morgan fingerprint density at radius 3 is 2.91 bits per heavy atom. The molecule has 2 aliphatic carbocycles. The van der Waals surface area contributed by atoms with E-state index in [2.05, 4.69) is 36.1 Å². The molecule has 1 spiro atoms. The normalized spacial score (nSPS) is 25.9. The molecule has 4 nitrogen and oxygen atoms in total. The molecule has 1 aliphatic heterocycles. The van der Waals surface area contributed by atoms with Gasteiger partial charge in [-0.3, -0.25) is 0 Å². The van der Waals surface area contributed by atoms with Crippen molar-refractivity contribution >= 4 is 23.3 Å². The highest BCUT2D eigenvalue weighted by Crippen LogP contribution is 2.47. The Labute approximate surface area is 201 Å². The van der Waals surface area contributed by atoms with Crippen LogP contribution in [0.4, 0.5) is 5.69 Å². The van der Waals surface area contributed by atoms with Gasteiger partial charge < -0.3 is 14.7 Å². The van der Waals surface area contributed by atoms with Gasteiger partial charge in [0.25, 0.3) is 0 Å². The van der Waals surface area contributed by atoms with Gasteiger partial charge in [0.2, 0.25) is 0 Å². The van der Waals surface area contributed by atoms with Gasteiger partial charge in [-0.05, 0) is 85.4 Å². The van der Waals surface area contributed by atoms with Crippen LogP contribution in [0.1, 0.15) is 60.5 Å². The molecule has 0 amide bonds. The number of anilines is 1. The lowest BCUT2D eigenvalue weighted by Crippen LogP contribution is -2.45. The maximum Gasteiger partial charge on any atom is 0.335 e. The number of fused-ring (bicyclic) bond motifs is 3. The zero-order valence-electron chi connectivity index (χ0n) is 19.2. The molecule has 0 aromatic heterocycles. The van der Waals surface area contributed by atoms with Crippen molar-refractivity contribution in [3.05, 3.63) is 70.3 Å². The van der Waals surface area contributed by atoms with E-state index in [1.165, 1.54) is 30.4 Å². The zero-order chi connectivity index (χ0) is 23.0. The third-order valence-corrected chi connectivity index (χ3v) is 8.06. The number of benzene rings is 2. The summed E-state index contributed by atoms with van der Waals surface area (Å²) in [7, 11) is 0. The summed E-state index contributed by atoms with van der Waals surface area (Å²) >= 11 is 6.29. The highest BCUT2D eigenvalue weighted by molar-refractivity contribution is 6.30. The van der Waals surface area contributed by atoms with Crippen molar-refractivity contribution < 1.29 is 14.6 Å². The van der Waals surface area contributed by atoms with E-state index < -0.39 is 5.97 Å². The smallest absolute Gasteiger partial charge is 0.335 e. The third-order valence-electron chi connectivity index (χ3n) is 7.83. The Hall–Kier alpha value is -2.46. The number of hydrogen-bond acceptors (Lipinski definition) is 3. The van der Waals surface area contributed by atoms with Gasteiger partial charge in [0.15, 0.2) is 0 Å². The van der Waals surface area contributed by atoms with Crippen LogP contribution in [-0.4, -0.2) is 30.8 Å². The highest BCUT2D eigenvalue weighted by atomic mass is 35.5. The molecule has 1 N–H and O–H groups in total. The molecule has 0 saturated heterocycles. The number of nitrogens with zero attached hydrogens (tertiary/aromatic N) is 1. The molecule has 1 saturated carbocycles. The molecular weight excluding hydrogens is 434 g/mol. The van der Waals surface area contributed by atoms with Crippen molar-refractivity contribution in [2.75, 3.05) is 24.6 Å². The van der Waals surface area contributed by atoms with Crippen molar-refractivity contribution in [1.82, 2.24) is 0 Å². The lowest BCUT2D eigenvalue weighted by molar-refractivity contribution is 0.0697. The van der Waals surface area contributed by atoms with Gasteiger partial charge in [0, 0.05) is 23.5 Å². The topological polar surface area (TPSA) is 49.8 Å². The zero-order valence-corrected chi connectivity index (χ0v) is 20.0. The summed E-state index contributed by atoms with van der Waals surface area (Å²) in [6, 6.07) is 11.5. The van der Waals surface area contributed by atoms with Crippen molar-refractivity contribution in [2.45, 2.75) is 50.9 Å². The minimum absolute atomic E-state index is 0.111. The molecule has 5 heteroatoms. The SMILES string of the molecule is CCC/C=C/[C@@H]1CC[C@H]1CN1CC2(CCc3cc(Cl)ccc32)COc2ccc(C(=O)O)cc21. The van der Waals surface area contributed by atoms with Gasteiger partial charge >= 0.3 is 5.97 Å². The summed E-state index contributed by atoms with van der Waals surface area (Å²) in [5.74, 6) is 1.08. The fraction of sp³-hybridized carbons (Fsp3) is 0.464. The minimum atomic E-state index is -0.901. The molecule has 3 aliphatic rings. The predicted octanol–water partition coefficient (Wildman–Crippen LogP) is 6.50. The van der Waals surface area contributed by atoms with E-state index in [1.54, 1.807) is 12.1 Å². The number of ether oxygens (including phenoxy) is 1. The summed E-state index contributed by atoms with van der Waals surface area (Å²) in [6.07, 6.45) is 11.5. The van der Waals surface area contributed by atoms with Crippen LogP contribution in [0.2, 0.25) is 5.02 Å². The van der Waals surface area contributed by atoms with Crippen molar-refractivity contribution in [3.63, 3.8) is 0 Å². The summed E-state index contributed by atoms with van der Waals surface area (Å²) in [6.45, 7) is 4.57. The number of carboxylic acid groups (broad SMARTS) is 1. The molecule has 0 radical (unpaired) electrons. The molecule has 1 unspecified atom stereocenters. The van der Waals surface area contributed by atoms with Crippen molar-refractivity contribution in [2.24, 2.45) is 11.8 Å². The number of unbranched alkanes of at least 4 members (excludes halogenated alkanes) is 1. The number of halogens is 1. The second-order valence-corrected chi connectivity index (χ2v) is 10.4. The van der Waals surface area contributed by atoms with E-state index in [4.69, 9.17) is 16.3 Å². The molecule has 3 atom stereocenters. The fourth-order valence-corrected chi connectivity index (χ4v) is 5.99. The quantitative estimate of drug-likeness (QED) is 0.494. The highest BCUT2D eigenvalue weighted by Gasteiger charge is 2.44. The number of carbonyl (C=O) groups is 1. The largest absolute Gasteiger partial charge is 0.490 e. The molecule has 0 bridgehead atoms. The minimum Gasteiger partial charge on any atom is -0.490 e. The molecule has 2 aromatic rings. The van der Waals surface area contributed by atoms with Crippen LogP contribution in [0.5, 0.6) is 5.75 Å². The Morgan fingerprint density at radius 2 is 2.15 bits per heavy atom. The molecule has 33 heavy (non-hydrogen) atoms. The van der Waals surface area contributed by atoms with Crippen LogP contribution in [0.3, 0.4) is 0 Å². The maximum atomic E-state index is 11.7. The second-order valence-electron chi connectivity index (χ2n) is 9.96. The third kappa shape index (κ3) is 4.26. The van der Waals surface area contributed by atoms with Gasteiger partial charge in [0.05, 0.1) is 17.9 Å². The summed E-state index contributed by atoms with van der Waals surface area (Å²) in [5, 5.41) is 10.4. The van der Waals surface area contributed by atoms with Crippen molar-refractivity contribution in [1.29, 1.82) is 0 Å². The average molecular weight is 466 g/mol. The maximum absolute atomic E-state index is 11.7. The van der Waals surface area contributed by atoms with E-state index in [-0.39, 0.29) is 5.41 Å². The van der Waals surface area contributed by atoms with E-state index in [0.717, 1.165) is 48.8 Å². The standard InChI is InChI=1S/C28H32ClNO3/c1-2-3-4-5-19-6-7-22(19)16-30-17-28(13-12-20-14-23(29)9-10-24(20)28)18-33-26-11-8-21(27(31)32)15-25(26)30/h4-5,8-11,14-15,19,22H,2-3,6-7,12-13,16-18H2,1H3,(H,31,32)/b5-4+/t19-,22+,28?/m1/s1. The number of aromatic carboxylic acids is 1. The predicted molar refractivity (Wildman–Crippen MR) is 133 cm³/mol. The lowest BCUT2D eigenvalue weighted by atomic mass is 9.72. The van der Waals surface area contributed by atoms with E-state index >= 15 is 0 Å². The Bertz CT molecular complexity index is 1080. The summed E-state index contributed by atoms with van der Waals surface area (Å²) in [5.41, 5.74) is 3.75. The van der Waals surface area contributed by atoms with Gasteiger partial charge in [-0.2, -0.15) is 0 Å². The van der Waals surface area contributed by atoms with Crippen LogP contribution in [0.25, 0.3) is 0 Å². The Morgan fingerprint density at radius 1 is 1.27 bits per heavy atom. The first-order valence-electron chi connectivity index (χ1n) is 12.2. The van der Waals surface area contributed by atoms with Gasteiger partial charge in [-0.15, -0.1) is 0 Å². The Kier molecular flexibility index (Phi) is 6.13. The summed E-state index contributed by atoms with van der Waals surface area (Å²) in [4.78, 5) is 14.2. The molecule has 174 valence electrons. The van der Waals surface area contributed by atoms with E-state index in [9.17, 15) is 9.90 Å². The van der Waals surface area contributed by atoms with Crippen LogP contribution >= 0.6 is 11.6 Å². The number of rotatable bonds is 6. The molecular formula is C28H32ClNO3. The van der Waals surface area contributed by atoms with Crippen LogP contribution in [0, 0.1) is 11.8 Å². The number of allylic oxidation sites excluding steroid dienone is 2. The summed E-state index contributed by atoms with van der Waals surface area (Å²) < 4.78 is 6.40. The second kappa shape index (κ2) is 9.06. The molecule has 2 aromatic carbocycles. The van der Waals surface area contributed by atoms with Crippen LogP contribution in [-0.2, 0) is 11.8 Å².